The molecule has 46 heavy (non-hydrogen) atoms. The summed E-state index contributed by atoms with van der Waals surface area (Å²) in [6, 6.07) is 55.7. The van der Waals surface area contributed by atoms with Gasteiger partial charge in [0.2, 0.25) is 0 Å². The fourth-order valence-electron chi connectivity index (χ4n) is 6.83. The molecular formula is C43H40OP2. The highest BCUT2D eigenvalue weighted by Crippen LogP contribution is 2.52. The molecule has 1 aliphatic heterocycles. The molecule has 6 aromatic rings. The van der Waals surface area contributed by atoms with Crippen LogP contribution in [0.4, 0.5) is 0 Å². The lowest BCUT2D eigenvalue weighted by atomic mass is 9.73. The first-order valence-electron chi connectivity index (χ1n) is 16.4. The molecule has 0 unspecified atom stereocenters. The summed E-state index contributed by atoms with van der Waals surface area (Å²) in [7, 11) is -1.57. The van der Waals surface area contributed by atoms with Crippen LogP contribution in [0.15, 0.2) is 152 Å². The molecule has 0 saturated carbocycles. The average Bonchev–Trinajstić information content (AvgIpc) is 3.10. The fourth-order valence-corrected chi connectivity index (χ4v) is 11.5. The summed E-state index contributed by atoms with van der Waals surface area (Å²) in [6.07, 6.45) is 3.39. The quantitative estimate of drug-likeness (QED) is 0.144. The first-order valence-corrected chi connectivity index (χ1v) is 19.0. The summed E-state index contributed by atoms with van der Waals surface area (Å²) < 4.78 is 7.28. The van der Waals surface area contributed by atoms with Gasteiger partial charge >= 0.3 is 0 Å². The molecule has 0 radical (unpaired) electrons. The van der Waals surface area contributed by atoms with E-state index in [4.69, 9.17) is 4.74 Å². The van der Waals surface area contributed by atoms with E-state index < -0.39 is 15.8 Å². The topological polar surface area (TPSA) is 9.23 Å². The zero-order chi connectivity index (χ0) is 31.5. The maximum Gasteiger partial charge on any atom is 0.140 e. The highest BCUT2D eigenvalue weighted by Gasteiger charge is 2.39. The smallest absolute Gasteiger partial charge is 0.140 e. The maximum absolute atomic E-state index is 7.28. The van der Waals surface area contributed by atoms with Crippen molar-refractivity contribution in [2.24, 2.45) is 0 Å². The predicted octanol–water partition coefficient (Wildman–Crippen LogP) is 8.98. The van der Waals surface area contributed by atoms with Crippen molar-refractivity contribution >= 4 is 47.7 Å². The number of hydrogen-bond acceptors (Lipinski definition) is 1. The van der Waals surface area contributed by atoms with Crippen molar-refractivity contribution in [2.45, 2.75) is 45.4 Å². The van der Waals surface area contributed by atoms with Crippen molar-refractivity contribution in [3.8, 4) is 11.5 Å². The van der Waals surface area contributed by atoms with E-state index in [1.807, 2.05) is 0 Å². The Hall–Kier alpha value is -4.02. The molecule has 0 aromatic heterocycles. The van der Waals surface area contributed by atoms with E-state index in [0.717, 1.165) is 24.3 Å². The van der Waals surface area contributed by atoms with Crippen LogP contribution in [-0.2, 0) is 11.8 Å². The second-order valence-corrected chi connectivity index (χ2v) is 16.9. The van der Waals surface area contributed by atoms with Gasteiger partial charge in [0.1, 0.15) is 11.5 Å². The summed E-state index contributed by atoms with van der Waals surface area (Å²) in [5.41, 5.74) is 3.81. The van der Waals surface area contributed by atoms with Crippen molar-refractivity contribution < 1.29 is 4.74 Å². The second-order valence-electron chi connectivity index (χ2n) is 12.5. The van der Waals surface area contributed by atoms with Crippen LogP contribution in [0.5, 0.6) is 11.5 Å². The van der Waals surface area contributed by atoms with Crippen LogP contribution in [0, 0.1) is 0 Å². The summed E-state index contributed by atoms with van der Waals surface area (Å²) >= 11 is 0. The summed E-state index contributed by atoms with van der Waals surface area (Å²) in [5, 5.41) is 7.97. The van der Waals surface area contributed by atoms with Gasteiger partial charge in [-0.15, -0.1) is 0 Å². The lowest BCUT2D eigenvalue weighted by Gasteiger charge is -2.39. The van der Waals surface area contributed by atoms with E-state index in [0.29, 0.717) is 0 Å². The zero-order valence-corrected chi connectivity index (χ0v) is 28.6. The van der Waals surface area contributed by atoms with Crippen molar-refractivity contribution in [3.63, 3.8) is 0 Å². The number of rotatable bonds is 9. The molecule has 0 N–H and O–H groups in total. The van der Waals surface area contributed by atoms with Gasteiger partial charge in [-0.2, -0.15) is 0 Å². The van der Waals surface area contributed by atoms with Crippen molar-refractivity contribution in [2.75, 3.05) is 0 Å². The van der Waals surface area contributed by atoms with Crippen LogP contribution in [-0.4, -0.2) is 0 Å². The Kier molecular flexibility index (Phi) is 8.90. The molecule has 0 amide bonds. The molecule has 6 aromatic carbocycles. The molecule has 0 aliphatic carbocycles. The van der Waals surface area contributed by atoms with Gasteiger partial charge in [-0.1, -0.05) is 167 Å². The molecule has 0 saturated heterocycles. The number of benzene rings is 6. The molecular weight excluding hydrogens is 594 g/mol. The fraction of sp³-hybridized carbons (Fsp3) is 0.163. The molecule has 0 bridgehead atoms. The molecule has 0 fully saturated rings. The van der Waals surface area contributed by atoms with Crippen LogP contribution in [0.25, 0.3) is 0 Å². The van der Waals surface area contributed by atoms with Gasteiger partial charge in [0.05, 0.1) is 0 Å². The van der Waals surface area contributed by atoms with E-state index in [1.54, 1.807) is 0 Å². The Labute approximate surface area is 276 Å². The van der Waals surface area contributed by atoms with E-state index in [-0.39, 0.29) is 5.41 Å². The molecule has 0 spiro atoms. The van der Waals surface area contributed by atoms with Crippen LogP contribution in [0.3, 0.4) is 0 Å². The third-order valence-electron chi connectivity index (χ3n) is 9.06. The summed E-state index contributed by atoms with van der Waals surface area (Å²) in [4.78, 5) is 0. The Morgan fingerprint density at radius 2 is 1.04 bits per heavy atom. The number of hydrogen-bond donors (Lipinski definition) is 0. The average molecular weight is 635 g/mol. The summed E-state index contributed by atoms with van der Waals surface area (Å²) in [6.45, 7) is 7.08. The number of aryl methyl sites for hydroxylation is 1. The number of fused-ring (bicyclic) bond motifs is 2. The lowest BCUT2D eigenvalue weighted by molar-refractivity contribution is 0.419. The zero-order valence-electron chi connectivity index (χ0n) is 26.9. The van der Waals surface area contributed by atoms with Gasteiger partial charge in [0.15, 0.2) is 0 Å². The molecule has 1 aliphatic rings. The monoisotopic (exact) mass is 634 g/mol. The third-order valence-corrected chi connectivity index (χ3v) is 13.9. The maximum atomic E-state index is 7.28. The van der Waals surface area contributed by atoms with Gasteiger partial charge in [0, 0.05) is 21.8 Å². The van der Waals surface area contributed by atoms with E-state index in [1.165, 1.54) is 54.9 Å². The molecule has 7 rings (SSSR count). The highest BCUT2D eigenvalue weighted by molar-refractivity contribution is 7.80. The minimum Gasteiger partial charge on any atom is -0.456 e. The third kappa shape index (κ3) is 5.84. The number of unbranched alkanes of at least 4 members (excludes halogenated alkanes) is 1. The molecule has 1 nitrogen and oxygen atoms in total. The first kappa shape index (κ1) is 30.6. The minimum absolute atomic E-state index is 0.211. The Bertz CT molecular complexity index is 1840. The molecule has 1 heterocycles. The molecule has 0 atom stereocenters. The first-order chi connectivity index (χ1) is 22.6. The van der Waals surface area contributed by atoms with E-state index in [9.17, 15) is 0 Å². The Morgan fingerprint density at radius 1 is 0.543 bits per heavy atom. The van der Waals surface area contributed by atoms with Crippen molar-refractivity contribution in [1.82, 2.24) is 0 Å². The predicted molar refractivity (Wildman–Crippen MR) is 201 cm³/mol. The van der Waals surface area contributed by atoms with Gasteiger partial charge in [-0.05, 0) is 72.9 Å². The highest BCUT2D eigenvalue weighted by atomic mass is 31.1. The van der Waals surface area contributed by atoms with Crippen LogP contribution < -0.4 is 36.6 Å². The standard InChI is InChI=1S/C43H40OP2/c1-4-5-18-32-27-30-40(46(35-23-14-8-15-24-35)36-25-16-9-17-26-36)42-41(32)43(2,3)38-29-28-37(31-39(38)44-42)45(33-19-10-6-11-20-33)34-21-12-7-13-22-34/h6-17,19-31H,4-5,18H2,1-3H3. The SMILES string of the molecule is CCCCc1ccc(P(c2ccccc2)c2ccccc2)c2c1C(C)(C)c1ccc(P(c3ccccc3)c3ccccc3)cc1O2. The van der Waals surface area contributed by atoms with Crippen molar-refractivity contribution in [1.29, 1.82) is 0 Å². The van der Waals surface area contributed by atoms with Crippen molar-refractivity contribution in [3.05, 3.63) is 168 Å². The lowest BCUT2D eigenvalue weighted by Crippen LogP contribution is -2.32. The second kappa shape index (κ2) is 13.4. The molecule has 3 heteroatoms. The minimum atomic E-state index is -0.830. The molecule has 228 valence electrons. The van der Waals surface area contributed by atoms with E-state index >= 15 is 0 Å². The van der Waals surface area contributed by atoms with Gasteiger partial charge in [0.25, 0.3) is 0 Å². The Balaban J connectivity index is 1.43. The van der Waals surface area contributed by atoms with Crippen LogP contribution >= 0.6 is 15.8 Å². The summed E-state index contributed by atoms with van der Waals surface area (Å²) in [5.74, 6) is 2.05. The van der Waals surface area contributed by atoms with Gasteiger partial charge in [-0.25, -0.2) is 0 Å². The van der Waals surface area contributed by atoms with E-state index in [2.05, 4.69) is 172 Å². The van der Waals surface area contributed by atoms with Crippen LogP contribution in [0.1, 0.15) is 50.3 Å². The Morgan fingerprint density at radius 3 is 1.54 bits per heavy atom. The van der Waals surface area contributed by atoms with Gasteiger partial charge in [-0.3, -0.25) is 0 Å². The van der Waals surface area contributed by atoms with Crippen LogP contribution in [0.2, 0.25) is 0 Å². The van der Waals surface area contributed by atoms with Gasteiger partial charge < -0.3 is 4.74 Å². The number of ether oxygens (including phenoxy) is 1. The normalized spacial score (nSPS) is 13.2. The largest absolute Gasteiger partial charge is 0.456 e.